The van der Waals surface area contributed by atoms with E-state index in [1.54, 1.807) is 63.8 Å². The van der Waals surface area contributed by atoms with Crippen molar-refractivity contribution in [2.75, 3.05) is 0 Å². The number of hydrogen-bond donors (Lipinski definition) is 2. The van der Waals surface area contributed by atoms with Crippen molar-refractivity contribution in [2.24, 2.45) is 7.05 Å². The van der Waals surface area contributed by atoms with Crippen LogP contribution in [0.4, 0.5) is 9.18 Å². The first-order chi connectivity index (χ1) is 12.6. The van der Waals surface area contributed by atoms with Gasteiger partial charge in [-0.25, -0.2) is 14.2 Å². The van der Waals surface area contributed by atoms with Gasteiger partial charge in [0.25, 0.3) is 0 Å². The summed E-state index contributed by atoms with van der Waals surface area (Å²) in [6, 6.07) is 4.41. The number of hydrogen-bond acceptors (Lipinski definition) is 4. The van der Waals surface area contributed by atoms with Gasteiger partial charge in [0.15, 0.2) is 0 Å². The Morgan fingerprint density at radius 2 is 1.96 bits per heavy atom. The van der Waals surface area contributed by atoms with Crippen LogP contribution in [0.1, 0.15) is 45.1 Å². The number of halogens is 1. The normalized spacial score (nSPS) is 13.6. The molecule has 0 aliphatic heterocycles. The molecular formula is C19H25FN4O3. The van der Waals surface area contributed by atoms with Gasteiger partial charge < -0.3 is 19.9 Å². The molecule has 0 saturated heterocycles. The van der Waals surface area contributed by atoms with Gasteiger partial charge in [-0.3, -0.25) is 4.79 Å². The minimum absolute atomic E-state index is 0.416. The summed E-state index contributed by atoms with van der Waals surface area (Å²) in [6.45, 7) is 6.75. The molecule has 1 aromatic heterocycles. The molecule has 2 amide bonds. The summed E-state index contributed by atoms with van der Waals surface area (Å²) in [5, 5.41) is 5.30. The molecule has 2 unspecified atom stereocenters. The Labute approximate surface area is 157 Å². The van der Waals surface area contributed by atoms with E-state index in [2.05, 4.69) is 15.6 Å². The molecular weight excluding hydrogens is 351 g/mol. The lowest BCUT2D eigenvalue weighted by atomic mass is 10.1. The van der Waals surface area contributed by atoms with Gasteiger partial charge in [0, 0.05) is 19.4 Å². The zero-order valence-corrected chi connectivity index (χ0v) is 16.1. The number of alkyl carbamates (subject to hydrolysis) is 1. The number of amides is 2. The third-order valence-corrected chi connectivity index (χ3v) is 3.71. The predicted octanol–water partition coefficient (Wildman–Crippen LogP) is 2.68. The second-order valence-corrected chi connectivity index (χ2v) is 7.26. The zero-order chi connectivity index (χ0) is 20.2. The van der Waals surface area contributed by atoms with Gasteiger partial charge in [0.05, 0.1) is 0 Å². The van der Waals surface area contributed by atoms with Crippen LogP contribution in [0.15, 0.2) is 36.7 Å². The smallest absolute Gasteiger partial charge is 0.408 e. The fourth-order valence-electron chi connectivity index (χ4n) is 2.46. The van der Waals surface area contributed by atoms with Gasteiger partial charge in [-0.05, 0) is 45.4 Å². The van der Waals surface area contributed by atoms with Gasteiger partial charge >= 0.3 is 6.09 Å². The number of nitrogens with zero attached hydrogens (tertiary/aromatic N) is 2. The van der Waals surface area contributed by atoms with Crippen LogP contribution in [-0.4, -0.2) is 33.2 Å². The third kappa shape index (κ3) is 5.80. The Morgan fingerprint density at radius 1 is 1.26 bits per heavy atom. The Morgan fingerprint density at radius 3 is 2.52 bits per heavy atom. The molecule has 0 fully saturated rings. The van der Waals surface area contributed by atoms with E-state index < -0.39 is 35.5 Å². The van der Waals surface area contributed by atoms with Crippen molar-refractivity contribution in [3.05, 3.63) is 53.9 Å². The molecule has 0 aliphatic rings. The Balaban J connectivity index is 2.17. The molecule has 1 aromatic carbocycles. The molecule has 27 heavy (non-hydrogen) atoms. The van der Waals surface area contributed by atoms with Crippen molar-refractivity contribution in [1.82, 2.24) is 20.2 Å². The van der Waals surface area contributed by atoms with E-state index in [-0.39, 0.29) is 0 Å². The monoisotopic (exact) mass is 376 g/mol. The highest BCUT2D eigenvalue weighted by Crippen LogP contribution is 2.21. The average molecular weight is 376 g/mol. The van der Waals surface area contributed by atoms with Crippen molar-refractivity contribution >= 4 is 12.0 Å². The van der Waals surface area contributed by atoms with Crippen LogP contribution < -0.4 is 10.6 Å². The lowest BCUT2D eigenvalue weighted by molar-refractivity contribution is -0.123. The molecule has 8 heteroatoms. The number of rotatable bonds is 5. The van der Waals surface area contributed by atoms with Crippen molar-refractivity contribution in [3.63, 3.8) is 0 Å². The highest BCUT2D eigenvalue weighted by atomic mass is 19.1. The van der Waals surface area contributed by atoms with Gasteiger partial charge in [-0.2, -0.15) is 0 Å². The number of carbonyl (C=O) groups is 2. The first-order valence-corrected chi connectivity index (χ1v) is 8.59. The molecule has 1 heterocycles. The fraction of sp³-hybridized carbons (Fsp3) is 0.421. The predicted molar refractivity (Wildman–Crippen MR) is 98.4 cm³/mol. The Kier molecular flexibility index (Phi) is 6.20. The van der Waals surface area contributed by atoms with Crippen LogP contribution in [0.3, 0.4) is 0 Å². The molecule has 0 spiro atoms. The summed E-state index contributed by atoms with van der Waals surface area (Å²) >= 11 is 0. The van der Waals surface area contributed by atoms with Crippen molar-refractivity contribution in [3.8, 4) is 0 Å². The van der Waals surface area contributed by atoms with E-state index in [4.69, 9.17) is 4.74 Å². The summed E-state index contributed by atoms with van der Waals surface area (Å²) in [6.07, 6.45) is 2.64. The number of imidazole rings is 1. The summed E-state index contributed by atoms with van der Waals surface area (Å²) in [5.41, 5.74) is -0.126. The number of benzene rings is 1. The Bertz CT molecular complexity index is 813. The van der Waals surface area contributed by atoms with Crippen LogP contribution in [-0.2, 0) is 16.6 Å². The quantitative estimate of drug-likeness (QED) is 0.840. The maximum atomic E-state index is 13.7. The van der Waals surface area contributed by atoms with E-state index in [0.29, 0.717) is 11.4 Å². The summed E-state index contributed by atoms with van der Waals surface area (Å²) in [5.74, 6) is -0.322. The molecule has 2 atom stereocenters. The van der Waals surface area contributed by atoms with E-state index >= 15 is 0 Å². The molecule has 0 aliphatic carbocycles. The highest BCUT2D eigenvalue weighted by Gasteiger charge is 2.26. The number of aromatic nitrogens is 2. The molecule has 2 rings (SSSR count). The molecule has 146 valence electrons. The molecule has 2 N–H and O–H groups in total. The molecule has 0 saturated carbocycles. The van der Waals surface area contributed by atoms with E-state index in [9.17, 15) is 14.0 Å². The molecule has 0 radical (unpaired) electrons. The number of aryl methyl sites for hydroxylation is 1. The number of ether oxygens (including phenoxy) is 1. The van der Waals surface area contributed by atoms with Crippen molar-refractivity contribution in [2.45, 2.75) is 45.4 Å². The topological polar surface area (TPSA) is 85.2 Å². The minimum Gasteiger partial charge on any atom is -0.444 e. The van der Waals surface area contributed by atoms with Crippen molar-refractivity contribution in [1.29, 1.82) is 0 Å². The van der Waals surface area contributed by atoms with Crippen LogP contribution >= 0.6 is 0 Å². The van der Waals surface area contributed by atoms with Gasteiger partial charge in [-0.15, -0.1) is 0 Å². The largest absolute Gasteiger partial charge is 0.444 e. The zero-order valence-electron chi connectivity index (χ0n) is 16.1. The number of nitrogens with one attached hydrogen (secondary N) is 2. The molecule has 2 aromatic rings. The van der Waals surface area contributed by atoms with Crippen LogP contribution in [0, 0.1) is 5.82 Å². The second-order valence-electron chi connectivity index (χ2n) is 7.26. The third-order valence-electron chi connectivity index (χ3n) is 3.71. The SMILES string of the molecule is CC(NC(=O)OC(C)(C)C)C(=O)NC(c1cccc(F)c1)c1nccn1C. The first-order valence-electron chi connectivity index (χ1n) is 8.59. The van der Waals surface area contributed by atoms with E-state index in [0.717, 1.165) is 0 Å². The standard InChI is InChI=1S/C19H25FN4O3/c1-12(22-18(26)27-19(2,3)4)17(25)23-15(16-21-9-10-24(16)5)13-7-6-8-14(20)11-13/h6-12,15H,1-5H3,(H,22,26)(H,23,25). The maximum absolute atomic E-state index is 13.7. The number of carbonyl (C=O) groups excluding carboxylic acids is 2. The van der Waals surface area contributed by atoms with Gasteiger partial charge in [0.2, 0.25) is 5.91 Å². The second kappa shape index (κ2) is 8.20. The van der Waals surface area contributed by atoms with Gasteiger partial charge in [0.1, 0.15) is 29.3 Å². The van der Waals surface area contributed by atoms with Gasteiger partial charge in [-0.1, -0.05) is 12.1 Å². The van der Waals surface area contributed by atoms with Crippen LogP contribution in [0.2, 0.25) is 0 Å². The minimum atomic E-state index is -0.851. The first kappa shape index (κ1) is 20.4. The Hall–Kier alpha value is -2.90. The summed E-state index contributed by atoms with van der Waals surface area (Å²) < 4.78 is 20.6. The lowest BCUT2D eigenvalue weighted by Crippen LogP contribution is -2.47. The van der Waals surface area contributed by atoms with E-state index in [1.165, 1.54) is 12.1 Å². The molecule has 7 nitrogen and oxygen atoms in total. The molecule has 0 bridgehead atoms. The maximum Gasteiger partial charge on any atom is 0.408 e. The average Bonchev–Trinajstić information content (AvgIpc) is 2.96. The summed E-state index contributed by atoms with van der Waals surface area (Å²) in [4.78, 5) is 28.7. The van der Waals surface area contributed by atoms with E-state index in [1.807, 2.05) is 0 Å². The summed E-state index contributed by atoms with van der Waals surface area (Å²) in [7, 11) is 1.78. The highest BCUT2D eigenvalue weighted by molar-refractivity contribution is 5.85. The fourth-order valence-corrected chi connectivity index (χ4v) is 2.46. The van der Waals surface area contributed by atoms with Crippen LogP contribution in [0.25, 0.3) is 0 Å². The lowest BCUT2D eigenvalue weighted by Gasteiger charge is -2.24. The van der Waals surface area contributed by atoms with Crippen LogP contribution in [0.5, 0.6) is 0 Å². The van der Waals surface area contributed by atoms with Crippen molar-refractivity contribution < 1.29 is 18.7 Å².